The molecule has 0 saturated heterocycles. The average Bonchev–Trinajstić information content (AvgIpc) is 2.62. The lowest BCUT2D eigenvalue weighted by Gasteiger charge is -2.33. The van der Waals surface area contributed by atoms with E-state index < -0.39 is 0 Å². The van der Waals surface area contributed by atoms with E-state index in [2.05, 4.69) is 41.5 Å². The highest BCUT2D eigenvalue weighted by Crippen LogP contribution is 2.38. The smallest absolute Gasteiger partial charge is 0.104 e. The summed E-state index contributed by atoms with van der Waals surface area (Å²) in [6.07, 6.45) is -0.268. The Labute approximate surface area is 176 Å². The van der Waals surface area contributed by atoms with Gasteiger partial charge < -0.3 is 23.7 Å². The molecule has 6 heteroatoms. The molecular formula is C23H39NO5. The van der Waals surface area contributed by atoms with Crippen molar-refractivity contribution in [1.82, 2.24) is 4.98 Å². The van der Waals surface area contributed by atoms with E-state index in [0.29, 0.717) is 52.9 Å². The lowest BCUT2D eigenvalue weighted by atomic mass is 9.85. The third-order valence-corrected chi connectivity index (χ3v) is 4.67. The van der Waals surface area contributed by atoms with Crippen LogP contribution in [0.1, 0.15) is 65.1 Å². The van der Waals surface area contributed by atoms with Crippen molar-refractivity contribution in [3.63, 3.8) is 0 Å². The molecule has 0 radical (unpaired) electrons. The minimum absolute atomic E-state index is 0.0957. The first-order valence-electron chi connectivity index (χ1n) is 10.6. The van der Waals surface area contributed by atoms with Crippen LogP contribution in [-0.2, 0) is 23.7 Å². The molecule has 0 unspecified atom stereocenters. The van der Waals surface area contributed by atoms with Crippen LogP contribution in [0.25, 0.3) is 0 Å². The SMILES string of the molecule is CC(C)(C)[C@@H]1OCCOCCOCCOCCO[C@@H](C(C)(C)C)c2cccc1n2. The number of hydrogen-bond donors (Lipinski definition) is 0. The quantitative estimate of drug-likeness (QED) is 0.635. The van der Waals surface area contributed by atoms with Gasteiger partial charge in [0.2, 0.25) is 0 Å². The monoisotopic (exact) mass is 409 g/mol. The molecular weight excluding hydrogens is 370 g/mol. The summed E-state index contributed by atoms with van der Waals surface area (Å²) in [7, 11) is 0. The molecule has 0 fully saturated rings. The summed E-state index contributed by atoms with van der Waals surface area (Å²) in [5.41, 5.74) is 1.66. The van der Waals surface area contributed by atoms with Crippen LogP contribution in [0.2, 0.25) is 0 Å². The zero-order valence-corrected chi connectivity index (χ0v) is 19.0. The fourth-order valence-corrected chi connectivity index (χ4v) is 3.31. The Bertz CT molecular complexity index is 546. The van der Waals surface area contributed by atoms with Gasteiger partial charge in [-0.05, 0) is 23.0 Å². The normalized spacial score (nSPS) is 24.5. The van der Waals surface area contributed by atoms with Crippen LogP contribution in [0.3, 0.4) is 0 Å². The van der Waals surface area contributed by atoms with Gasteiger partial charge in [0.1, 0.15) is 12.2 Å². The second-order valence-corrected chi connectivity index (χ2v) is 9.56. The van der Waals surface area contributed by atoms with Crippen molar-refractivity contribution in [2.75, 3.05) is 52.9 Å². The highest BCUT2D eigenvalue weighted by molar-refractivity contribution is 5.18. The number of hydrogen-bond acceptors (Lipinski definition) is 6. The summed E-state index contributed by atoms with van der Waals surface area (Å²) < 4.78 is 29.2. The van der Waals surface area contributed by atoms with E-state index >= 15 is 0 Å². The number of rotatable bonds is 0. The molecule has 0 saturated carbocycles. The lowest BCUT2D eigenvalue weighted by molar-refractivity contribution is -0.0656. The Morgan fingerprint density at radius 2 is 0.966 bits per heavy atom. The zero-order valence-electron chi connectivity index (χ0n) is 19.0. The van der Waals surface area contributed by atoms with Crippen molar-refractivity contribution in [1.29, 1.82) is 0 Å². The van der Waals surface area contributed by atoms with Crippen molar-refractivity contribution >= 4 is 0 Å². The van der Waals surface area contributed by atoms with Crippen LogP contribution in [0.15, 0.2) is 18.2 Å². The van der Waals surface area contributed by atoms with Gasteiger partial charge in [0, 0.05) is 0 Å². The van der Waals surface area contributed by atoms with Crippen molar-refractivity contribution in [3.8, 4) is 0 Å². The summed E-state index contributed by atoms with van der Waals surface area (Å²) in [5, 5.41) is 0. The fourth-order valence-electron chi connectivity index (χ4n) is 3.31. The van der Waals surface area contributed by atoms with Crippen LogP contribution < -0.4 is 0 Å². The van der Waals surface area contributed by atoms with Crippen LogP contribution >= 0.6 is 0 Å². The molecule has 0 amide bonds. The number of pyridine rings is 1. The molecule has 29 heavy (non-hydrogen) atoms. The summed E-state index contributed by atoms with van der Waals surface area (Å²) in [6.45, 7) is 17.3. The molecule has 0 spiro atoms. The largest absolute Gasteiger partial charge is 0.377 e. The highest BCUT2D eigenvalue weighted by Gasteiger charge is 2.32. The first-order chi connectivity index (χ1) is 13.7. The molecule has 2 rings (SSSR count). The van der Waals surface area contributed by atoms with E-state index in [-0.39, 0.29) is 23.0 Å². The van der Waals surface area contributed by atoms with Crippen LogP contribution in [0, 0.1) is 10.8 Å². The molecule has 6 nitrogen and oxygen atoms in total. The molecule has 0 aromatic carbocycles. The minimum Gasteiger partial charge on any atom is -0.377 e. The second kappa shape index (κ2) is 11.4. The molecule has 1 aliphatic heterocycles. The van der Waals surface area contributed by atoms with Gasteiger partial charge in [-0.3, -0.25) is 4.98 Å². The maximum Gasteiger partial charge on any atom is 0.104 e. The molecule has 1 aromatic rings. The van der Waals surface area contributed by atoms with Gasteiger partial charge in [-0.25, -0.2) is 0 Å². The molecule has 166 valence electrons. The number of fused-ring (bicyclic) bond motifs is 2. The van der Waals surface area contributed by atoms with Crippen LogP contribution in [-0.4, -0.2) is 57.8 Å². The average molecular weight is 410 g/mol. The van der Waals surface area contributed by atoms with Crippen molar-refractivity contribution in [2.24, 2.45) is 10.8 Å². The van der Waals surface area contributed by atoms with Gasteiger partial charge in [-0.15, -0.1) is 0 Å². The predicted octanol–water partition coefficient (Wildman–Crippen LogP) is 4.35. The van der Waals surface area contributed by atoms with Gasteiger partial charge in [-0.2, -0.15) is 0 Å². The van der Waals surface area contributed by atoms with E-state index in [1.807, 2.05) is 18.2 Å². The molecule has 2 atom stereocenters. The molecule has 1 aliphatic rings. The first-order valence-corrected chi connectivity index (χ1v) is 10.6. The second-order valence-electron chi connectivity index (χ2n) is 9.56. The van der Waals surface area contributed by atoms with E-state index in [0.717, 1.165) is 11.4 Å². The molecule has 2 bridgehead atoms. The zero-order chi connectivity index (χ0) is 21.3. The van der Waals surface area contributed by atoms with Crippen molar-refractivity contribution in [2.45, 2.75) is 53.8 Å². The Balaban J connectivity index is 2.25. The highest BCUT2D eigenvalue weighted by atomic mass is 16.6. The molecule has 2 heterocycles. The molecule has 1 aromatic heterocycles. The van der Waals surface area contributed by atoms with Crippen LogP contribution in [0.4, 0.5) is 0 Å². The Morgan fingerprint density at radius 1 is 0.621 bits per heavy atom. The van der Waals surface area contributed by atoms with Gasteiger partial charge in [0.15, 0.2) is 0 Å². The Morgan fingerprint density at radius 3 is 1.31 bits per heavy atom. The van der Waals surface area contributed by atoms with Gasteiger partial charge >= 0.3 is 0 Å². The van der Waals surface area contributed by atoms with E-state index in [1.165, 1.54) is 0 Å². The van der Waals surface area contributed by atoms with Crippen LogP contribution in [0.5, 0.6) is 0 Å². The first kappa shape index (κ1) is 24.2. The van der Waals surface area contributed by atoms with Gasteiger partial charge in [0.25, 0.3) is 0 Å². The third-order valence-electron chi connectivity index (χ3n) is 4.67. The third kappa shape index (κ3) is 8.30. The van der Waals surface area contributed by atoms with Gasteiger partial charge in [-0.1, -0.05) is 47.6 Å². The summed E-state index contributed by atoms with van der Waals surface area (Å²) in [5.74, 6) is 0. The number of aromatic nitrogens is 1. The summed E-state index contributed by atoms with van der Waals surface area (Å²) in [4.78, 5) is 4.98. The number of nitrogens with zero attached hydrogens (tertiary/aromatic N) is 1. The summed E-state index contributed by atoms with van der Waals surface area (Å²) >= 11 is 0. The lowest BCUT2D eigenvalue weighted by Crippen LogP contribution is -2.27. The topological polar surface area (TPSA) is 59.0 Å². The van der Waals surface area contributed by atoms with Crippen molar-refractivity contribution < 1.29 is 23.7 Å². The minimum atomic E-state index is -0.134. The maximum atomic E-state index is 6.22. The summed E-state index contributed by atoms with van der Waals surface area (Å²) in [6, 6.07) is 6.12. The fraction of sp³-hybridized carbons (Fsp3) is 0.783. The van der Waals surface area contributed by atoms with Gasteiger partial charge in [0.05, 0.1) is 64.2 Å². The van der Waals surface area contributed by atoms with E-state index in [4.69, 9.17) is 28.7 Å². The molecule has 0 aliphatic carbocycles. The maximum absolute atomic E-state index is 6.22. The van der Waals surface area contributed by atoms with Crippen molar-refractivity contribution in [3.05, 3.63) is 29.6 Å². The van der Waals surface area contributed by atoms with E-state index in [1.54, 1.807) is 0 Å². The predicted molar refractivity (Wildman–Crippen MR) is 113 cm³/mol. The van der Waals surface area contributed by atoms with E-state index in [9.17, 15) is 0 Å². The Kier molecular flexibility index (Phi) is 9.50. The standard InChI is InChI=1S/C23H39NO5/c1-22(2,3)20-18-8-7-9-19(24-18)21(23(4,5)6)29-17-15-27-13-11-25-10-12-26-14-16-28-20/h7-9,20-21H,10-17H2,1-6H3/t20-,21-/m1/s1. The molecule has 0 N–H and O–H groups in total. The Hall–Kier alpha value is -1.05. The number of ether oxygens (including phenoxy) is 5.